The lowest BCUT2D eigenvalue weighted by molar-refractivity contribution is -0.150. The smallest absolute Gasteiger partial charge is 0.246 e. The van der Waals surface area contributed by atoms with Gasteiger partial charge in [-0.1, -0.05) is 98.2 Å². The van der Waals surface area contributed by atoms with Gasteiger partial charge >= 0.3 is 0 Å². The van der Waals surface area contributed by atoms with Crippen molar-refractivity contribution in [1.29, 1.82) is 0 Å². The summed E-state index contributed by atoms with van der Waals surface area (Å²) in [7, 11) is 5.25. The van der Waals surface area contributed by atoms with Crippen LogP contribution in [0.3, 0.4) is 0 Å². The van der Waals surface area contributed by atoms with Gasteiger partial charge in [-0.05, 0) is 94.4 Å². The maximum absolute atomic E-state index is 14.5. The minimum atomic E-state index is -0.887. The van der Waals surface area contributed by atoms with Gasteiger partial charge in [0.15, 0.2) is 17.3 Å². The van der Waals surface area contributed by atoms with E-state index in [1.54, 1.807) is 18.0 Å². The fourth-order valence-corrected chi connectivity index (χ4v) is 9.97. The third kappa shape index (κ3) is 10.8. The highest BCUT2D eigenvalue weighted by Crippen LogP contribution is 2.40. The van der Waals surface area contributed by atoms with Crippen molar-refractivity contribution in [3.8, 4) is 0 Å². The Hall–Kier alpha value is -4.25. The van der Waals surface area contributed by atoms with E-state index in [-0.39, 0.29) is 76.9 Å². The number of Topliss-reactive ketones (excluding diaryl/α,β-unsaturated/α-hetero) is 3. The van der Waals surface area contributed by atoms with Crippen molar-refractivity contribution in [2.45, 2.75) is 138 Å². The molecule has 1 saturated heterocycles. The standard InChI is InChI=1S/C49H72N4O7/c1-13-33-26-40(55)41(37(33)25-32-19-15-14-16-20-32)46(57)36(28(2)3)27-39(54)34-21-17-22-35(34)45(56)38-23-18-24-53(38)49(60)44(31(8)9)52(12)48(59)42(29(4)5)50-47(58)43(30(6)7)51(10)11/h14-16,19-20,26,28-31,36-38,41-44H,13,17-18,21-25,27H2,1-12H3,(H,50,58)/t36-,37-,38-,41?,42-,43-,44-/m0/s1. The van der Waals surface area contributed by atoms with E-state index in [0.29, 0.717) is 62.6 Å². The van der Waals surface area contributed by atoms with Gasteiger partial charge in [0, 0.05) is 43.0 Å². The van der Waals surface area contributed by atoms with Crippen LogP contribution in [0.5, 0.6) is 0 Å². The van der Waals surface area contributed by atoms with Crippen LogP contribution in [0.2, 0.25) is 0 Å². The molecule has 0 radical (unpaired) electrons. The van der Waals surface area contributed by atoms with Crippen LogP contribution in [-0.2, 0) is 40.0 Å². The minimum absolute atomic E-state index is 0.00680. The maximum Gasteiger partial charge on any atom is 0.246 e. The molecule has 60 heavy (non-hydrogen) atoms. The molecule has 11 nitrogen and oxygen atoms in total. The summed E-state index contributed by atoms with van der Waals surface area (Å²) >= 11 is 0. The molecular formula is C49H72N4O7. The van der Waals surface area contributed by atoms with Crippen molar-refractivity contribution in [3.05, 3.63) is 58.7 Å². The lowest BCUT2D eigenvalue weighted by Gasteiger charge is -2.38. The van der Waals surface area contributed by atoms with Gasteiger partial charge in [0.1, 0.15) is 17.9 Å². The molecule has 1 heterocycles. The van der Waals surface area contributed by atoms with Gasteiger partial charge in [0.25, 0.3) is 0 Å². The number of likely N-dealkylation sites (N-methyl/N-ethyl adjacent to an activating group) is 2. The lowest BCUT2D eigenvalue weighted by atomic mass is 9.74. The fourth-order valence-electron chi connectivity index (χ4n) is 9.97. The summed E-state index contributed by atoms with van der Waals surface area (Å²) in [5.41, 5.74) is 2.87. The summed E-state index contributed by atoms with van der Waals surface area (Å²) in [6.45, 7) is 17.5. The molecule has 0 bridgehead atoms. The molecule has 0 spiro atoms. The molecule has 4 rings (SSSR count). The predicted molar refractivity (Wildman–Crippen MR) is 235 cm³/mol. The molecule has 3 amide bonds. The predicted octanol–water partition coefficient (Wildman–Crippen LogP) is 6.43. The monoisotopic (exact) mass is 829 g/mol. The van der Waals surface area contributed by atoms with Crippen molar-refractivity contribution in [3.63, 3.8) is 0 Å². The Balaban J connectivity index is 1.55. The average molecular weight is 829 g/mol. The van der Waals surface area contributed by atoms with Gasteiger partial charge in [-0.2, -0.15) is 0 Å². The summed E-state index contributed by atoms with van der Waals surface area (Å²) in [6, 6.07) is 6.88. The number of allylic oxidation sites excluding steroid dienone is 3. The quantitative estimate of drug-likeness (QED) is 0.148. The zero-order valence-corrected chi connectivity index (χ0v) is 38.4. The van der Waals surface area contributed by atoms with Crippen molar-refractivity contribution in [2.24, 2.45) is 41.4 Å². The van der Waals surface area contributed by atoms with Crippen LogP contribution in [0.4, 0.5) is 0 Å². The first-order valence-corrected chi connectivity index (χ1v) is 22.4. The second-order valence-corrected chi connectivity index (χ2v) is 19.0. The summed E-state index contributed by atoms with van der Waals surface area (Å²) < 4.78 is 0. The molecule has 1 aliphatic heterocycles. The number of hydrogen-bond donors (Lipinski definition) is 1. The molecule has 3 aliphatic rings. The topological polar surface area (TPSA) is 141 Å². The molecule has 1 N–H and O–H groups in total. The molecular weight excluding hydrogens is 757 g/mol. The number of hydrogen-bond acceptors (Lipinski definition) is 8. The molecule has 1 unspecified atom stereocenters. The Labute approximate surface area is 359 Å². The number of carbonyl (C=O) groups excluding carboxylic acids is 7. The van der Waals surface area contributed by atoms with E-state index in [4.69, 9.17) is 0 Å². The number of carbonyl (C=O) groups is 7. The van der Waals surface area contributed by atoms with Gasteiger partial charge < -0.3 is 15.1 Å². The van der Waals surface area contributed by atoms with E-state index < -0.39 is 36.0 Å². The number of likely N-dealkylation sites (tertiary alicyclic amines) is 1. The zero-order valence-electron chi connectivity index (χ0n) is 38.4. The molecule has 1 fully saturated rings. The molecule has 0 aromatic heterocycles. The number of rotatable bonds is 20. The Bertz CT molecular complexity index is 1820. The second-order valence-electron chi connectivity index (χ2n) is 19.0. The van der Waals surface area contributed by atoms with Crippen molar-refractivity contribution in [1.82, 2.24) is 20.0 Å². The van der Waals surface area contributed by atoms with E-state index in [1.807, 2.05) is 112 Å². The van der Waals surface area contributed by atoms with Crippen molar-refractivity contribution in [2.75, 3.05) is 27.7 Å². The van der Waals surface area contributed by atoms with Gasteiger partial charge in [-0.15, -0.1) is 0 Å². The normalized spacial score (nSPS) is 21.6. The summed E-state index contributed by atoms with van der Waals surface area (Å²) in [5, 5.41) is 2.97. The number of amides is 3. The Kier molecular flexibility index (Phi) is 17.0. The second kappa shape index (κ2) is 21.0. The first-order chi connectivity index (χ1) is 28.2. The Morgan fingerprint density at radius 1 is 0.800 bits per heavy atom. The van der Waals surface area contributed by atoms with Crippen LogP contribution in [0.1, 0.15) is 113 Å². The number of ketones is 4. The highest BCUT2D eigenvalue weighted by Gasteiger charge is 2.46. The highest BCUT2D eigenvalue weighted by molar-refractivity contribution is 6.14. The molecule has 330 valence electrons. The molecule has 1 aromatic carbocycles. The zero-order chi connectivity index (χ0) is 44.7. The summed E-state index contributed by atoms with van der Waals surface area (Å²) in [6.07, 6.45) is 5.26. The molecule has 1 aromatic rings. The van der Waals surface area contributed by atoms with E-state index in [9.17, 15) is 33.6 Å². The first kappa shape index (κ1) is 48.4. The fraction of sp³-hybridized carbons (Fsp3) is 0.653. The van der Waals surface area contributed by atoms with Crippen molar-refractivity contribution < 1.29 is 33.6 Å². The number of nitrogens with one attached hydrogen (secondary N) is 1. The van der Waals surface area contributed by atoms with Crippen LogP contribution >= 0.6 is 0 Å². The first-order valence-electron chi connectivity index (χ1n) is 22.4. The maximum atomic E-state index is 14.5. The minimum Gasteiger partial charge on any atom is -0.343 e. The third-order valence-electron chi connectivity index (χ3n) is 13.1. The van der Waals surface area contributed by atoms with Crippen LogP contribution in [0.15, 0.2) is 53.1 Å². The third-order valence-corrected chi connectivity index (χ3v) is 13.1. The van der Waals surface area contributed by atoms with Gasteiger partial charge in [-0.25, -0.2) is 0 Å². The average Bonchev–Trinajstić information content (AvgIpc) is 3.94. The van der Waals surface area contributed by atoms with E-state index in [0.717, 1.165) is 11.1 Å². The van der Waals surface area contributed by atoms with Crippen LogP contribution in [0, 0.1) is 41.4 Å². The molecule has 7 atom stereocenters. The molecule has 0 saturated carbocycles. The Morgan fingerprint density at radius 3 is 1.97 bits per heavy atom. The summed E-state index contributed by atoms with van der Waals surface area (Å²) in [4.78, 5) is 104. The summed E-state index contributed by atoms with van der Waals surface area (Å²) in [5.74, 6) is -4.40. The SMILES string of the molecule is CCC1=CC(=O)C(C(=O)[C@@H](CC(=O)C2=C(C(=O)[C@@H]3CCCN3C(=O)[C@H](C(C)C)N(C)C(=O)[C@@H](NC(=O)[C@H](C(C)C)N(C)C)C(C)C)CCC2)C(C)C)[C@H]1Cc1ccccc1. The molecule has 2 aliphatic carbocycles. The van der Waals surface area contributed by atoms with Crippen LogP contribution in [0.25, 0.3) is 0 Å². The van der Waals surface area contributed by atoms with Crippen molar-refractivity contribution >= 4 is 40.9 Å². The largest absolute Gasteiger partial charge is 0.343 e. The van der Waals surface area contributed by atoms with Gasteiger partial charge in [0.2, 0.25) is 17.7 Å². The van der Waals surface area contributed by atoms with Gasteiger partial charge in [-0.3, -0.25) is 38.5 Å². The molecule has 11 heteroatoms. The van der Waals surface area contributed by atoms with Crippen LogP contribution < -0.4 is 5.32 Å². The van der Waals surface area contributed by atoms with Crippen LogP contribution in [-0.4, -0.2) is 107 Å². The van der Waals surface area contributed by atoms with E-state index in [2.05, 4.69) is 5.32 Å². The Morgan fingerprint density at radius 2 is 1.42 bits per heavy atom. The van der Waals surface area contributed by atoms with E-state index >= 15 is 0 Å². The highest BCUT2D eigenvalue weighted by atomic mass is 16.2. The number of nitrogens with zero attached hydrogens (tertiary/aromatic N) is 3. The number of benzene rings is 1. The van der Waals surface area contributed by atoms with E-state index in [1.165, 1.54) is 4.90 Å². The lowest BCUT2D eigenvalue weighted by Crippen LogP contribution is -2.60. The van der Waals surface area contributed by atoms with Gasteiger partial charge in [0.05, 0.1) is 18.0 Å².